The van der Waals surface area contributed by atoms with E-state index in [-0.39, 0.29) is 29.1 Å². The number of rotatable bonds is 10. The van der Waals surface area contributed by atoms with Crippen molar-refractivity contribution in [2.75, 3.05) is 10.8 Å². The fourth-order valence-corrected chi connectivity index (χ4v) is 6.47. The monoisotopic (exact) mass is 601 g/mol. The fourth-order valence-electron chi connectivity index (χ4n) is 4.75. The second kappa shape index (κ2) is 13.1. The molecule has 0 radical (unpaired) electrons. The largest absolute Gasteiger partial charge is 0.352 e. The molecular weight excluding hydrogens is 569 g/mol. The van der Waals surface area contributed by atoms with Crippen molar-refractivity contribution in [2.24, 2.45) is 0 Å². The van der Waals surface area contributed by atoms with Gasteiger partial charge in [-0.1, -0.05) is 72.4 Å². The van der Waals surface area contributed by atoms with Crippen LogP contribution in [0.4, 0.5) is 5.69 Å². The third kappa shape index (κ3) is 7.16. The van der Waals surface area contributed by atoms with Crippen LogP contribution in [0.15, 0.2) is 77.7 Å². The van der Waals surface area contributed by atoms with Crippen molar-refractivity contribution in [3.63, 3.8) is 0 Å². The first-order chi connectivity index (χ1) is 19.1. The van der Waals surface area contributed by atoms with E-state index in [0.29, 0.717) is 10.0 Å². The van der Waals surface area contributed by atoms with E-state index in [1.54, 1.807) is 61.5 Å². The second-order valence-corrected chi connectivity index (χ2v) is 12.8. The van der Waals surface area contributed by atoms with E-state index in [9.17, 15) is 18.0 Å². The Morgan fingerprint density at radius 1 is 0.975 bits per heavy atom. The van der Waals surface area contributed by atoms with Crippen LogP contribution >= 0.6 is 23.2 Å². The van der Waals surface area contributed by atoms with Crippen molar-refractivity contribution in [3.05, 3.63) is 94.0 Å². The number of nitrogens with one attached hydrogen (secondary N) is 1. The molecule has 1 fully saturated rings. The zero-order chi connectivity index (χ0) is 28.9. The molecule has 0 aliphatic heterocycles. The number of nitrogens with zero attached hydrogens (tertiary/aromatic N) is 2. The first-order valence-electron chi connectivity index (χ1n) is 13.2. The zero-order valence-corrected chi connectivity index (χ0v) is 24.8. The highest BCUT2D eigenvalue weighted by molar-refractivity contribution is 7.92. The van der Waals surface area contributed by atoms with Crippen LogP contribution in [0.1, 0.15) is 43.7 Å². The topological polar surface area (TPSA) is 86.8 Å². The summed E-state index contributed by atoms with van der Waals surface area (Å²) in [5.41, 5.74) is 1.78. The molecule has 0 saturated heterocycles. The molecule has 2 amide bonds. The van der Waals surface area contributed by atoms with Gasteiger partial charge in [-0.3, -0.25) is 13.9 Å². The Hall–Kier alpha value is -3.07. The number of carbonyl (C=O) groups excluding carboxylic acids is 2. The number of anilines is 1. The Bertz CT molecular complexity index is 1440. The van der Waals surface area contributed by atoms with E-state index in [2.05, 4.69) is 5.32 Å². The maximum absolute atomic E-state index is 14.0. The van der Waals surface area contributed by atoms with Crippen LogP contribution in [0.25, 0.3) is 0 Å². The van der Waals surface area contributed by atoms with Gasteiger partial charge in [0.15, 0.2) is 0 Å². The molecule has 1 N–H and O–H groups in total. The lowest BCUT2D eigenvalue weighted by atomic mass is 10.1. The summed E-state index contributed by atoms with van der Waals surface area (Å²) in [5.74, 6) is -0.801. The average Bonchev–Trinajstić information content (AvgIpc) is 3.46. The Morgan fingerprint density at radius 2 is 1.62 bits per heavy atom. The van der Waals surface area contributed by atoms with E-state index in [1.807, 2.05) is 6.92 Å². The van der Waals surface area contributed by atoms with Gasteiger partial charge in [0.05, 0.1) is 10.6 Å². The third-order valence-electron chi connectivity index (χ3n) is 7.19. The van der Waals surface area contributed by atoms with Gasteiger partial charge in [-0.25, -0.2) is 8.42 Å². The molecule has 7 nitrogen and oxygen atoms in total. The summed E-state index contributed by atoms with van der Waals surface area (Å²) >= 11 is 12.4. The van der Waals surface area contributed by atoms with Gasteiger partial charge in [-0.05, 0) is 74.2 Å². The molecule has 40 heavy (non-hydrogen) atoms. The van der Waals surface area contributed by atoms with Crippen molar-refractivity contribution in [3.8, 4) is 0 Å². The van der Waals surface area contributed by atoms with Crippen molar-refractivity contribution in [2.45, 2.75) is 63.1 Å². The molecule has 3 aromatic rings. The van der Waals surface area contributed by atoms with E-state index in [4.69, 9.17) is 23.2 Å². The standard InChI is InChI=1S/C30H33Cl2N3O4S/c1-21-12-17-26(18-28(21)32)35(40(38,39)27-10-4-3-5-11-27)20-29(36)34(19-23-13-15-24(31)16-14-23)22(2)30(37)33-25-8-6-7-9-25/h3-5,10-18,22,25H,6-9,19-20H2,1-2H3,(H,33,37)/t22-/m1/s1. The normalized spacial score (nSPS) is 14.5. The molecule has 1 atom stereocenters. The number of aryl methyl sites for hydroxylation is 1. The minimum absolute atomic E-state index is 0.0378. The zero-order valence-electron chi connectivity index (χ0n) is 22.5. The van der Waals surface area contributed by atoms with Crippen LogP contribution in [-0.4, -0.2) is 43.8 Å². The lowest BCUT2D eigenvalue weighted by Gasteiger charge is -2.32. The number of benzene rings is 3. The third-order valence-corrected chi connectivity index (χ3v) is 9.64. The van der Waals surface area contributed by atoms with Gasteiger partial charge in [0.25, 0.3) is 10.0 Å². The Kier molecular flexibility index (Phi) is 9.77. The van der Waals surface area contributed by atoms with Crippen molar-refractivity contribution < 1.29 is 18.0 Å². The van der Waals surface area contributed by atoms with Gasteiger partial charge in [0.1, 0.15) is 12.6 Å². The molecule has 0 spiro atoms. The number of halogens is 2. The first-order valence-corrected chi connectivity index (χ1v) is 15.4. The average molecular weight is 603 g/mol. The summed E-state index contributed by atoms with van der Waals surface area (Å²) in [6.07, 6.45) is 3.91. The lowest BCUT2D eigenvalue weighted by Crippen LogP contribution is -2.52. The van der Waals surface area contributed by atoms with Gasteiger partial charge < -0.3 is 10.2 Å². The van der Waals surface area contributed by atoms with Crippen LogP contribution in [-0.2, 0) is 26.2 Å². The number of sulfonamides is 1. The summed E-state index contributed by atoms with van der Waals surface area (Å²) in [7, 11) is -4.15. The Morgan fingerprint density at radius 3 is 2.25 bits per heavy atom. The van der Waals surface area contributed by atoms with Gasteiger partial charge in [-0.2, -0.15) is 0 Å². The predicted molar refractivity (Wildman–Crippen MR) is 159 cm³/mol. The van der Waals surface area contributed by atoms with Crippen molar-refractivity contribution >= 4 is 50.7 Å². The highest BCUT2D eigenvalue weighted by Gasteiger charge is 2.33. The van der Waals surface area contributed by atoms with Crippen molar-refractivity contribution in [1.82, 2.24) is 10.2 Å². The highest BCUT2D eigenvalue weighted by atomic mass is 35.5. The lowest BCUT2D eigenvalue weighted by molar-refractivity contribution is -0.139. The molecule has 0 unspecified atom stereocenters. The molecule has 0 bridgehead atoms. The van der Waals surface area contributed by atoms with Gasteiger partial charge in [0.2, 0.25) is 11.8 Å². The molecule has 1 aliphatic rings. The van der Waals surface area contributed by atoms with Crippen LogP contribution < -0.4 is 9.62 Å². The quantitative estimate of drug-likeness (QED) is 0.310. The minimum Gasteiger partial charge on any atom is -0.352 e. The maximum Gasteiger partial charge on any atom is 0.264 e. The summed E-state index contributed by atoms with van der Waals surface area (Å²) in [5, 5.41) is 3.98. The summed E-state index contributed by atoms with van der Waals surface area (Å²) in [6, 6.07) is 19.0. The number of carbonyl (C=O) groups is 2. The molecule has 212 valence electrons. The predicted octanol–water partition coefficient (Wildman–Crippen LogP) is 5.97. The Balaban J connectivity index is 1.69. The molecule has 4 rings (SSSR count). The van der Waals surface area contributed by atoms with Crippen molar-refractivity contribution in [1.29, 1.82) is 0 Å². The van der Waals surface area contributed by atoms with Crippen LogP contribution in [0.5, 0.6) is 0 Å². The molecule has 0 heterocycles. The Labute approximate surface area is 246 Å². The highest BCUT2D eigenvalue weighted by Crippen LogP contribution is 2.29. The van der Waals surface area contributed by atoms with Crippen LogP contribution in [0.2, 0.25) is 10.0 Å². The fraction of sp³-hybridized carbons (Fsp3) is 0.333. The summed E-state index contributed by atoms with van der Waals surface area (Å²) in [6.45, 7) is 3.05. The number of hydrogen-bond acceptors (Lipinski definition) is 4. The SMILES string of the molecule is Cc1ccc(N(CC(=O)N(Cc2ccc(Cl)cc2)[C@H](C)C(=O)NC2CCCC2)S(=O)(=O)c2ccccc2)cc1Cl. The summed E-state index contributed by atoms with van der Waals surface area (Å²) < 4.78 is 28.7. The van der Waals surface area contributed by atoms with Gasteiger partial charge >= 0.3 is 0 Å². The minimum atomic E-state index is -4.15. The van der Waals surface area contributed by atoms with E-state index >= 15 is 0 Å². The molecule has 0 aromatic heterocycles. The molecule has 3 aromatic carbocycles. The van der Waals surface area contributed by atoms with E-state index in [1.165, 1.54) is 23.1 Å². The maximum atomic E-state index is 14.0. The molecule has 1 aliphatic carbocycles. The van der Waals surface area contributed by atoms with E-state index in [0.717, 1.165) is 41.1 Å². The van der Waals surface area contributed by atoms with Crippen LogP contribution in [0, 0.1) is 6.92 Å². The number of hydrogen-bond donors (Lipinski definition) is 1. The molecular formula is C30H33Cl2N3O4S. The number of amides is 2. The first kappa shape index (κ1) is 29.9. The molecule has 1 saturated carbocycles. The van der Waals surface area contributed by atoms with E-state index < -0.39 is 28.5 Å². The smallest absolute Gasteiger partial charge is 0.264 e. The summed E-state index contributed by atoms with van der Waals surface area (Å²) in [4.78, 5) is 28.7. The van der Waals surface area contributed by atoms with Gasteiger partial charge in [0, 0.05) is 22.6 Å². The van der Waals surface area contributed by atoms with Crippen LogP contribution in [0.3, 0.4) is 0 Å². The van der Waals surface area contributed by atoms with Gasteiger partial charge in [-0.15, -0.1) is 0 Å². The second-order valence-electron chi connectivity index (χ2n) is 10.1. The molecule has 10 heteroatoms.